The molecule has 190 valence electrons. The van der Waals surface area contributed by atoms with Crippen LogP contribution in [0.2, 0.25) is 0 Å². The van der Waals surface area contributed by atoms with E-state index >= 15 is 8.78 Å². The van der Waals surface area contributed by atoms with Crippen molar-refractivity contribution in [2.75, 3.05) is 39.3 Å². The van der Waals surface area contributed by atoms with E-state index in [1.54, 1.807) is 18.0 Å². The summed E-state index contributed by atoms with van der Waals surface area (Å²) in [6.07, 6.45) is 3.89. The van der Waals surface area contributed by atoms with Gasteiger partial charge in [-0.25, -0.2) is 13.2 Å². The van der Waals surface area contributed by atoms with Crippen molar-refractivity contribution in [2.45, 2.75) is 83.2 Å². The number of rotatable bonds is 5. The first-order valence-corrected chi connectivity index (χ1v) is 12.9. The molecule has 3 aliphatic rings. The van der Waals surface area contributed by atoms with Gasteiger partial charge < -0.3 is 4.90 Å². The molecule has 0 N–H and O–H groups in total. The monoisotopic (exact) mass is 480 g/mol. The van der Waals surface area contributed by atoms with Crippen LogP contribution in [-0.4, -0.2) is 82.9 Å². The van der Waals surface area contributed by atoms with Gasteiger partial charge in [0.15, 0.2) is 0 Å². The van der Waals surface area contributed by atoms with Gasteiger partial charge in [0.1, 0.15) is 5.82 Å². The Balaban J connectivity index is 1.37. The Morgan fingerprint density at radius 2 is 1.79 bits per heavy atom. The van der Waals surface area contributed by atoms with Crippen molar-refractivity contribution < 1.29 is 18.0 Å². The molecule has 2 atom stereocenters. The zero-order chi connectivity index (χ0) is 24.5. The van der Waals surface area contributed by atoms with Crippen LogP contribution in [0.25, 0.3) is 0 Å². The van der Waals surface area contributed by atoms with Gasteiger partial charge in [0.25, 0.3) is 5.92 Å². The van der Waals surface area contributed by atoms with Crippen LogP contribution in [0.3, 0.4) is 0 Å². The molecule has 5 nitrogen and oxygen atoms in total. The van der Waals surface area contributed by atoms with Gasteiger partial charge in [-0.05, 0) is 58.1 Å². The lowest BCUT2D eigenvalue weighted by Crippen LogP contribution is -2.58. The van der Waals surface area contributed by atoms with Crippen LogP contribution in [0.4, 0.5) is 13.2 Å². The van der Waals surface area contributed by atoms with E-state index in [1.807, 2.05) is 0 Å². The molecule has 34 heavy (non-hydrogen) atoms. The summed E-state index contributed by atoms with van der Waals surface area (Å²) in [7, 11) is 0. The Bertz CT molecular complexity index is 848. The molecule has 1 aliphatic carbocycles. The molecule has 4 rings (SSSR count). The van der Waals surface area contributed by atoms with Gasteiger partial charge in [-0.3, -0.25) is 19.6 Å². The number of hydrogen-bond acceptors (Lipinski definition) is 4. The number of amides is 1. The zero-order valence-corrected chi connectivity index (χ0v) is 20.8. The van der Waals surface area contributed by atoms with Crippen molar-refractivity contribution in [1.29, 1.82) is 0 Å². The number of halogens is 3. The van der Waals surface area contributed by atoms with E-state index in [9.17, 15) is 9.18 Å². The first-order valence-electron chi connectivity index (χ1n) is 12.9. The predicted octanol–water partition coefficient (Wildman–Crippen LogP) is 4.46. The van der Waals surface area contributed by atoms with E-state index in [4.69, 9.17) is 0 Å². The van der Waals surface area contributed by atoms with Gasteiger partial charge in [0.2, 0.25) is 5.91 Å². The minimum Gasteiger partial charge on any atom is -0.343 e. The molecule has 1 aromatic rings. The lowest BCUT2D eigenvalue weighted by atomic mass is 9.77. The number of carbonyl (C=O) groups excluding carboxylic acids is 1. The maximum atomic E-state index is 15.1. The summed E-state index contributed by atoms with van der Waals surface area (Å²) in [6, 6.07) is 1.70. The third-order valence-electron chi connectivity index (χ3n) is 8.20. The van der Waals surface area contributed by atoms with Crippen molar-refractivity contribution in [2.24, 2.45) is 5.92 Å². The predicted molar refractivity (Wildman–Crippen MR) is 126 cm³/mol. The third-order valence-corrected chi connectivity index (χ3v) is 8.20. The number of nitrogens with zero attached hydrogens (tertiary/aromatic N) is 4. The summed E-state index contributed by atoms with van der Waals surface area (Å²) >= 11 is 0. The van der Waals surface area contributed by atoms with Gasteiger partial charge >= 0.3 is 0 Å². The second kappa shape index (κ2) is 10.5. The molecule has 1 aromatic heterocycles. The largest absolute Gasteiger partial charge is 0.343 e. The highest BCUT2D eigenvalue weighted by Gasteiger charge is 2.50. The molecule has 8 heteroatoms. The van der Waals surface area contributed by atoms with E-state index in [1.165, 1.54) is 6.07 Å². The van der Waals surface area contributed by atoms with E-state index in [0.717, 1.165) is 38.2 Å². The number of aryl methyl sites for hydroxylation is 1. The Kier molecular flexibility index (Phi) is 7.87. The van der Waals surface area contributed by atoms with E-state index in [2.05, 4.69) is 28.6 Å². The molecular weight excluding hydrogens is 441 g/mol. The number of likely N-dealkylation sites (tertiary alicyclic amines) is 1. The quantitative estimate of drug-likeness (QED) is 0.624. The highest BCUT2D eigenvalue weighted by Crippen LogP contribution is 2.43. The SMILES string of the molecule is Cc1cnc(C2CCN(C(=O)CC3[C@@H](N4CCN(C(C)C)CC4)CCCC3(F)F)CC2)c(F)c1. The fourth-order valence-corrected chi connectivity index (χ4v) is 6.09. The average Bonchev–Trinajstić information content (AvgIpc) is 2.80. The number of carbonyl (C=O) groups is 1. The van der Waals surface area contributed by atoms with Gasteiger partial charge in [-0.2, -0.15) is 0 Å². The second-order valence-electron chi connectivity index (χ2n) is 10.7. The fourth-order valence-electron chi connectivity index (χ4n) is 6.09. The first-order chi connectivity index (χ1) is 16.2. The number of pyridine rings is 1. The summed E-state index contributed by atoms with van der Waals surface area (Å²) in [6.45, 7) is 10.4. The lowest BCUT2D eigenvalue weighted by Gasteiger charge is -2.47. The van der Waals surface area contributed by atoms with Crippen molar-refractivity contribution >= 4 is 5.91 Å². The van der Waals surface area contributed by atoms with Crippen LogP contribution in [0, 0.1) is 18.7 Å². The minimum absolute atomic E-state index is 0.0363. The molecule has 0 aromatic carbocycles. The van der Waals surface area contributed by atoms with E-state index < -0.39 is 11.8 Å². The Morgan fingerprint density at radius 3 is 2.41 bits per heavy atom. The molecule has 1 amide bonds. The van der Waals surface area contributed by atoms with Gasteiger partial charge in [-0.15, -0.1) is 0 Å². The highest BCUT2D eigenvalue weighted by atomic mass is 19.3. The summed E-state index contributed by atoms with van der Waals surface area (Å²) in [5, 5.41) is 0. The van der Waals surface area contributed by atoms with Crippen molar-refractivity contribution in [1.82, 2.24) is 19.7 Å². The molecule has 0 bridgehead atoms. The molecular formula is C26H39F3N4O. The van der Waals surface area contributed by atoms with Crippen LogP contribution in [0.1, 0.15) is 69.5 Å². The highest BCUT2D eigenvalue weighted by molar-refractivity contribution is 5.76. The second-order valence-corrected chi connectivity index (χ2v) is 10.7. The zero-order valence-electron chi connectivity index (χ0n) is 20.8. The number of hydrogen-bond donors (Lipinski definition) is 0. The van der Waals surface area contributed by atoms with Crippen molar-refractivity contribution in [3.05, 3.63) is 29.3 Å². The van der Waals surface area contributed by atoms with Crippen LogP contribution in [0.5, 0.6) is 0 Å². The van der Waals surface area contributed by atoms with E-state index in [-0.39, 0.29) is 36.5 Å². The number of piperazine rings is 1. The number of piperidine rings is 1. The smallest absolute Gasteiger partial charge is 0.252 e. The summed E-state index contributed by atoms with van der Waals surface area (Å²) < 4.78 is 44.6. The molecule has 0 radical (unpaired) electrons. The summed E-state index contributed by atoms with van der Waals surface area (Å²) in [4.78, 5) is 23.7. The molecule has 2 saturated heterocycles. The van der Waals surface area contributed by atoms with Crippen LogP contribution in [0.15, 0.2) is 12.3 Å². The molecule has 3 heterocycles. The van der Waals surface area contributed by atoms with Gasteiger partial charge in [0, 0.05) is 82.2 Å². The summed E-state index contributed by atoms with van der Waals surface area (Å²) in [5.41, 5.74) is 1.24. The minimum atomic E-state index is -2.82. The fraction of sp³-hybridized carbons (Fsp3) is 0.769. The Labute approximate surface area is 201 Å². The average molecular weight is 481 g/mol. The van der Waals surface area contributed by atoms with E-state index in [0.29, 0.717) is 44.1 Å². The molecule has 0 spiro atoms. The van der Waals surface area contributed by atoms with Gasteiger partial charge in [-0.1, -0.05) is 0 Å². The maximum Gasteiger partial charge on any atom is 0.252 e. The number of aromatic nitrogens is 1. The molecule has 3 fully saturated rings. The summed E-state index contributed by atoms with van der Waals surface area (Å²) in [5.74, 6) is -4.28. The Hall–Kier alpha value is -1.67. The standard InChI is InChI=1S/C26H39F3N4O/c1-18(2)31-11-13-32(14-12-31)23-5-4-8-26(28,29)21(23)16-24(34)33-9-6-20(7-10-33)25-22(27)15-19(3)17-30-25/h15,17-18,20-21,23H,4-14,16H2,1-3H3/t21?,23-/m0/s1. The molecule has 2 aliphatic heterocycles. The third kappa shape index (κ3) is 5.59. The maximum absolute atomic E-state index is 15.1. The molecule has 1 saturated carbocycles. The van der Waals surface area contributed by atoms with Gasteiger partial charge in [0.05, 0.1) is 5.69 Å². The molecule has 1 unspecified atom stereocenters. The van der Waals surface area contributed by atoms with Crippen LogP contribution >= 0.6 is 0 Å². The van der Waals surface area contributed by atoms with Crippen molar-refractivity contribution in [3.8, 4) is 0 Å². The number of alkyl halides is 2. The van der Waals surface area contributed by atoms with Crippen LogP contribution < -0.4 is 0 Å². The van der Waals surface area contributed by atoms with Crippen molar-refractivity contribution in [3.63, 3.8) is 0 Å². The topological polar surface area (TPSA) is 39.7 Å². The first kappa shape index (κ1) is 25.4. The lowest BCUT2D eigenvalue weighted by molar-refractivity contribution is -0.150. The Morgan fingerprint density at radius 1 is 1.12 bits per heavy atom. The normalized spacial score (nSPS) is 27.3. The van der Waals surface area contributed by atoms with Crippen LogP contribution in [-0.2, 0) is 4.79 Å².